The molecular weight excluding hydrogens is 356 g/mol. The highest BCUT2D eigenvalue weighted by atomic mass is 16.3. The van der Waals surface area contributed by atoms with E-state index in [-0.39, 0.29) is 5.56 Å². The van der Waals surface area contributed by atoms with E-state index in [2.05, 4.69) is 16.7 Å². The molecule has 0 bridgehead atoms. The van der Waals surface area contributed by atoms with Crippen LogP contribution >= 0.6 is 0 Å². The summed E-state index contributed by atoms with van der Waals surface area (Å²) in [7, 11) is 0. The first kappa shape index (κ1) is 16.1. The smallest absolute Gasteiger partial charge is 0.323 e. The normalized spacial score (nSPS) is 11.9. The lowest BCUT2D eigenvalue weighted by atomic mass is 10.3. The molecule has 8 nitrogen and oxygen atoms in total. The topological polar surface area (TPSA) is 92.3 Å². The van der Waals surface area contributed by atoms with Gasteiger partial charge in [0, 0.05) is 0 Å². The molecule has 0 spiro atoms. The van der Waals surface area contributed by atoms with Gasteiger partial charge in [0.1, 0.15) is 17.5 Å². The van der Waals surface area contributed by atoms with Gasteiger partial charge in [0.05, 0.1) is 23.8 Å². The molecule has 4 aromatic heterocycles. The van der Waals surface area contributed by atoms with E-state index in [4.69, 9.17) is 14.4 Å². The number of H-pyrrole nitrogens is 1. The van der Waals surface area contributed by atoms with Gasteiger partial charge in [-0.3, -0.25) is 0 Å². The Kier molecular flexibility index (Phi) is 3.61. The third kappa shape index (κ3) is 2.43. The van der Waals surface area contributed by atoms with Crippen LogP contribution in [0.3, 0.4) is 0 Å². The Labute approximate surface area is 158 Å². The summed E-state index contributed by atoms with van der Waals surface area (Å²) in [6.07, 6.45) is 6.40. The Bertz CT molecular complexity index is 1430. The Morgan fingerprint density at radius 2 is 2.00 bits per heavy atom. The maximum absolute atomic E-state index is 13.1. The highest BCUT2D eigenvalue weighted by Gasteiger charge is 2.24. The van der Waals surface area contributed by atoms with E-state index in [1.807, 2.05) is 24.3 Å². The Morgan fingerprint density at radius 1 is 1.18 bits per heavy atom. The number of hydrogen-bond acceptors (Lipinski definition) is 5. The van der Waals surface area contributed by atoms with E-state index in [0.717, 1.165) is 5.52 Å². The molecule has 0 saturated carbocycles. The second-order valence-electron chi connectivity index (χ2n) is 6.20. The zero-order valence-electron chi connectivity index (χ0n) is 14.7. The highest BCUT2D eigenvalue weighted by molar-refractivity contribution is 6.03. The minimum Gasteiger partial charge on any atom is -0.463 e. The fourth-order valence-corrected chi connectivity index (χ4v) is 3.17. The predicted molar refractivity (Wildman–Crippen MR) is 105 cm³/mol. The molecule has 1 aromatic carbocycles. The summed E-state index contributed by atoms with van der Waals surface area (Å²) < 4.78 is 8.42. The molecule has 0 saturated heterocycles. The monoisotopic (exact) mass is 371 g/mol. The third-order valence-electron chi connectivity index (χ3n) is 4.44. The van der Waals surface area contributed by atoms with Gasteiger partial charge >= 0.3 is 5.56 Å². The molecule has 5 rings (SSSR count). The number of furan rings is 1. The second kappa shape index (κ2) is 6.27. The van der Waals surface area contributed by atoms with Gasteiger partial charge in [0.25, 0.3) is 5.65 Å². The van der Waals surface area contributed by atoms with E-state index < -0.39 is 0 Å². The van der Waals surface area contributed by atoms with Gasteiger partial charge in [-0.2, -0.15) is 0 Å². The quantitative estimate of drug-likeness (QED) is 0.358. The first-order valence-electron chi connectivity index (χ1n) is 8.67. The minimum atomic E-state index is -0.185. The van der Waals surface area contributed by atoms with Crippen molar-refractivity contribution in [3.8, 4) is 0 Å². The van der Waals surface area contributed by atoms with Crippen LogP contribution in [0.2, 0.25) is 0 Å². The maximum Gasteiger partial charge on any atom is 0.323 e. The maximum atomic E-state index is 13.1. The summed E-state index contributed by atoms with van der Waals surface area (Å²) in [5, 5.41) is 4.91. The average Bonchev–Trinajstić information content (AvgIpc) is 3.33. The van der Waals surface area contributed by atoms with E-state index in [9.17, 15) is 4.79 Å². The fraction of sp³-hybridized carbons (Fsp3) is 0.0500. The van der Waals surface area contributed by atoms with Gasteiger partial charge in [-0.1, -0.05) is 24.8 Å². The second-order valence-corrected chi connectivity index (χ2v) is 6.20. The molecule has 0 fully saturated rings. The van der Waals surface area contributed by atoms with Gasteiger partial charge in [-0.05, 0) is 24.3 Å². The van der Waals surface area contributed by atoms with Crippen molar-refractivity contribution in [2.75, 3.05) is 0 Å². The molecule has 4 heterocycles. The highest BCUT2D eigenvalue weighted by Crippen LogP contribution is 2.23. The summed E-state index contributed by atoms with van der Waals surface area (Å²) in [6.45, 7) is 4.09. The zero-order valence-corrected chi connectivity index (χ0v) is 14.7. The lowest BCUT2D eigenvalue weighted by molar-refractivity contribution is -0.357. The van der Waals surface area contributed by atoms with Crippen molar-refractivity contribution < 1.29 is 9.40 Å². The molecule has 5 aromatic rings. The Hall–Kier alpha value is -4.07. The summed E-state index contributed by atoms with van der Waals surface area (Å²) in [5.41, 5.74) is 2.74. The average molecular weight is 371 g/mol. The molecule has 0 atom stereocenters. The third-order valence-corrected chi connectivity index (χ3v) is 4.44. The van der Waals surface area contributed by atoms with Crippen molar-refractivity contribution in [1.29, 1.82) is 0 Å². The number of benzene rings is 1. The standard InChI is InChI=1S/C20H14N6O2/c1-2-9-25-12-21-18-16(20(25)27)17-19(24-15-8-4-3-7-14(15)23-17)26(18)22-11-13-6-5-10-28-13/h2-8,10-12H,1,9H2/p+1/b22-11-. The lowest BCUT2D eigenvalue weighted by Gasteiger charge is -1.96. The molecule has 0 radical (unpaired) electrons. The molecule has 0 aliphatic rings. The molecule has 0 aliphatic heterocycles. The van der Waals surface area contributed by atoms with Crippen LogP contribution in [-0.4, -0.2) is 25.4 Å². The van der Waals surface area contributed by atoms with Crippen LogP contribution in [0.4, 0.5) is 0 Å². The predicted octanol–water partition coefficient (Wildman–Crippen LogP) is 2.37. The Balaban J connectivity index is 1.90. The van der Waals surface area contributed by atoms with Crippen LogP contribution < -0.4 is 10.5 Å². The van der Waals surface area contributed by atoms with Crippen molar-refractivity contribution in [3.05, 3.63) is 77.8 Å². The molecule has 0 aliphatic carbocycles. The van der Waals surface area contributed by atoms with Crippen LogP contribution in [0.1, 0.15) is 5.76 Å². The van der Waals surface area contributed by atoms with Crippen molar-refractivity contribution in [3.63, 3.8) is 0 Å². The number of fused-ring (bicyclic) bond motifs is 4. The van der Waals surface area contributed by atoms with E-state index >= 15 is 0 Å². The van der Waals surface area contributed by atoms with Crippen molar-refractivity contribution in [2.24, 2.45) is 5.10 Å². The zero-order chi connectivity index (χ0) is 19.1. The largest absolute Gasteiger partial charge is 0.463 e. The van der Waals surface area contributed by atoms with Gasteiger partial charge < -0.3 is 4.42 Å². The summed E-state index contributed by atoms with van der Waals surface area (Å²) in [4.78, 5) is 25.6. The summed E-state index contributed by atoms with van der Waals surface area (Å²) >= 11 is 0. The molecule has 8 heteroatoms. The van der Waals surface area contributed by atoms with Crippen LogP contribution in [-0.2, 0) is 6.54 Å². The number of aromatic amines is 1. The van der Waals surface area contributed by atoms with Gasteiger partial charge in [0.2, 0.25) is 5.65 Å². The first-order chi connectivity index (χ1) is 13.8. The summed E-state index contributed by atoms with van der Waals surface area (Å²) in [6, 6.07) is 11.1. The molecular formula is C20H15N6O2+. The SMILES string of the molecule is C=CCn1c[nH+]c2c(c1=O)c1nc3ccccc3nc1n2/N=C\c1ccco1. The van der Waals surface area contributed by atoms with Crippen molar-refractivity contribution in [1.82, 2.24) is 19.2 Å². The molecule has 0 unspecified atom stereocenters. The first-order valence-corrected chi connectivity index (χ1v) is 8.67. The van der Waals surface area contributed by atoms with Crippen LogP contribution in [0.15, 0.2) is 76.0 Å². The van der Waals surface area contributed by atoms with Crippen LogP contribution in [0, 0.1) is 0 Å². The number of para-hydroxylation sites is 2. The number of hydrogen-bond donors (Lipinski definition) is 0. The Morgan fingerprint density at radius 3 is 2.75 bits per heavy atom. The fourth-order valence-electron chi connectivity index (χ4n) is 3.17. The van der Waals surface area contributed by atoms with E-state index in [1.165, 1.54) is 4.57 Å². The van der Waals surface area contributed by atoms with Gasteiger partial charge in [-0.25, -0.2) is 24.3 Å². The lowest BCUT2D eigenvalue weighted by Crippen LogP contribution is -2.26. The molecule has 0 amide bonds. The molecule has 136 valence electrons. The van der Waals surface area contributed by atoms with Gasteiger partial charge in [-0.15, -0.1) is 9.78 Å². The van der Waals surface area contributed by atoms with E-state index in [1.54, 1.807) is 41.7 Å². The van der Waals surface area contributed by atoms with Crippen molar-refractivity contribution >= 4 is 39.4 Å². The van der Waals surface area contributed by atoms with Crippen LogP contribution in [0.25, 0.3) is 33.2 Å². The van der Waals surface area contributed by atoms with E-state index in [0.29, 0.717) is 40.0 Å². The van der Waals surface area contributed by atoms with Crippen molar-refractivity contribution in [2.45, 2.75) is 6.54 Å². The van der Waals surface area contributed by atoms with Crippen LogP contribution in [0.5, 0.6) is 0 Å². The molecule has 1 N–H and O–H groups in total. The number of nitrogens with one attached hydrogen (secondary N) is 1. The number of nitrogens with zero attached hydrogens (tertiary/aromatic N) is 5. The number of aromatic nitrogens is 5. The van der Waals surface area contributed by atoms with Gasteiger partial charge in [0.15, 0.2) is 11.7 Å². The minimum absolute atomic E-state index is 0.185. The number of allylic oxidation sites excluding steroid dienone is 1. The molecule has 28 heavy (non-hydrogen) atoms. The summed E-state index contributed by atoms with van der Waals surface area (Å²) in [5.74, 6) is 0.587. The number of rotatable bonds is 4.